The Kier molecular flexibility index (Phi) is 5.36. The lowest BCUT2D eigenvalue weighted by atomic mass is 9.90. The number of benzene rings is 2. The van der Waals surface area contributed by atoms with Gasteiger partial charge in [0.1, 0.15) is 11.6 Å². The molecular weight excluding hydrogens is 326 g/mol. The Bertz CT molecular complexity index is 832. The molecule has 5 nitrogen and oxygen atoms in total. The van der Waals surface area contributed by atoms with Gasteiger partial charge in [0.05, 0.1) is 0 Å². The normalized spacial score (nSPS) is 12.8. The highest BCUT2D eigenvalue weighted by molar-refractivity contribution is 5.90. The molecule has 0 bridgehead atoms. The molecule has 0 saturated carbocycles. The number of aliphatic imine (C=N–C) groups is 1. The topological polar surface area (TPSA) is 84.7 Å². The third kappa shape index (κ3) is 3.60. The minimum atomic E-state index is -0.593. The lowest BCUT2D eigenvalue weighted by molar-refractivity contribution is 0.202. The first-order valence-corrected chi connectivity index (χ1v) is 7.41. The van der Waals surface area contributed by atoms with Gasteiger partial charge >= 0.3 is 6.03 Å². The Balaban J connectivity index is 0.00000225. The van der Waals surface area contributed by atoms with E-state index in [1.165, 1.54) is 23.1 Å². The van der Waals surface area contributed by atoms with Gasteiger partial charge in [-0.05, 0) is 35.2 Å². The highest BCUT2D eigenvalue weighted by Crippen LogP contribution is 2.33. The maximum absolute atomic E-state index is 14.1. The second-order valence-electron chi connectivity index (χ2n) is 5.52. The number of amides is 2. The Morgan fingerprint density at radius 1 is 1.00 bits per heavy atom. The number of fused-ring (bicyclic) bond motifs is 1. The first-order valence-electron chi connectivity index (χ1n) is 7.41. The van der Waals surface area contributed by atoms with Gasteiger partial charge in [0.25, 0.3) is 0 Å². The molecule has 0 atom stereocenters. The van der Waals surface area contributed by atoms with Gasteiger partial charge in [0.15, 0.2) is 5.96 Å². The van der Waals surface area contributed by atoms with Crippen LogP contribution < -0.4 is 11.5 Å². The summed E-state index contributed by atoms with van der Waals surface area (Å²) in [4.78, 5) is 16.9. The second-order valence-corrected chi connectivity index (χ2v) is 5.52. The molecule has 25 heavy (non-hydrogen) atoms. The lowest BCUT2D eigenvalue weighted by Crippen LogP contribution is -2.37. The molecular formula is C18H20F2N4O. The summed E-state index contributed by atoms with van der Waals surface area (Å²) in [6.45, 7) is 0.409. The molecule has 0 aromatic heterocycles. The van der Waals surface area contributed by atoms with E-state index in [1.54, 1.807) is 18.2 Å². The van der Waals surface area contributed by atoms with Gasteiger partial charge < -0.3 is 16.4 Å². The van der Waals surface area contributed by atoms with Crippen molar-refractivity contribution in [3.63, 3.8) is 0 Å². The molecule has 1 heterocycles. The molecule has 2 aromatic carbocycles. The van der Waals surface area contributed by atoms with E-state index in [-0.39, 0.29) is 25.7 Å². The predicted molar refractivity (Wildman–Crippen MR) is 93.8 cm³/mol. The number of carbonyl (C=O) groups excluding carboxylic acids is 1. The van der Waals surface area contributed by atoms with E-state index in [4.69, 9.17) is 11.5 Å². The summed E-state index contributed by atoms with van der Waals surface area (Å²) >= 11 is 0. The summed E-state index contributed by atoms with van der Waals surface area (Å²) in [5.41, 5.74) is 12.5. The zero-order valence-corrected chi connectivity index (χ0v) is 12.8. The van der Waals surface area contributed by atoms with Crippen LogP contribution >= 0.6 is 0 Å². The smallest absolute Gasteiger partial charge is 0.347 e. The average Bonchev–Trinajstić information content (AvgIpc) is 2.55. The monoisotopic (exact) mass is 346 g/mol. The number of halogens is 2. The molecule has 3 rings (SSSR count). The van der Waals surface area contributed by atoms with Crippen molar-refractivity contribution < 1.29 is 13.6 Å². The molecule has 0 fully saturated rings. The van der Waals surface area contributed by atoms with Crippen molar-refractivity contribution in [3.05, 3.63) is 59.2 Å². The molecule has 1 aliphatic rings. The Hall–Kier alpha value is -2.96. The second kappa shape index (κ2) is 7.29. The van der Waals surface area contributed by atoms with Crippen LogP contribution in [0.15, 0.2) is 41.4 Å². The van der Waals surface area contributed by atoms with Crippen molar-refractivity contribution >= 4 is 12.0 Å². The van der Waals surface area contributed by atoms with Crippen LogP contribution in [0.2, 0.25) is 0 Å². The lowest BCUT2D eigenvalue weighted by Gasteiger charge is -2.29. The summed E-state index contributed by atoms with van der Waals surface area (Å²) in [5.74, 6) is -1.10. The van der Waals surface area contributed by atoms with E-state index in [0.29, 0.717) is 35.2 Å². The zero-order valence-electron chi connectivity index (χ0n) is 12.8. The number of guanidine groups is 1. The first kappa shape index (κ1) is 18.4. The number of urea groups is 1. The summed E-state index contributed by atoms with van der Waals surface area (Å²) in [7, 11) is 0. The maximum atomic E-state index is 14.1. The van der Waals surface area contributed by atoms with Gasteiger partial charge in [0, 0.05) is 18.7 Å². The van der Waals surface area contributed by atoms with Gasteiger partial charge in [-0.25, -0.2) is 13.6 Å². The van der Waals surface area contributed by atoms with Crippen molar-refractivity contribution in [2.45, 2.75) is 20.4 Å². The van der Waals surface area contributed by atoms with Crippen molar-refractivity contribution in [1.29, 1.82) is 0 Å². The van der Waals surface area contributed by atoms with E-state index in [9.17, 15) is 13.6 Å². The molecule has 0 saturated heterocycles. The largest absolute Gasteiger partial charge is 0.370 e. The Morgan fingerprint density at radius 3 is 2.40 bits per heavy atom. The van der Waals surface area contributed by atoms with E-state index in [2.05, 4.69) is 4.99 Å². The predicted octanol–water partition coefficient (Wildman–Crippen LogP) is 3.02. The SMILES string of the molecule is C.NC(N)=NC(=O)N1CCc2c(F)ccc(-c3ccccc3F)c2C1. The molecule has 1 aliphatic heterocycles. The van der Waals surface area contributed by atoms with Crippen molar-refractivity contribution in [2.24, 2.45) is 16.5 Å². The quantitative estimate of drug-likeness (QED) is 0.615. The van der Waals surface area contributed by atoms with Gasteiger partial charge in [-0.15, -0.1) is 0 Å². The number of rotatable bonds is 1. The van der Waals surface area contributed by atoms with E-state index in [1.807, 2.05) is 0 Å². The van der Waals surface area contributed by atoms with E-state index < -0.39 is 11.8 Å². The summed E-state index contributed by atoms with van der Waals surface area (Å²) < 4.78 is 28.3. The zero-order chi connectivity index (χ0) is 17.3. The van der Waals surface area contributed by atoms with Crippen molar-refractivity contribution in [1.82, 2.24) is 4.90 Å². The Morgan fingerprint density at radius 2 is 1.72 bits per heavy atom. The van der Waals surface area contributed by atoms with Gasteiger partial charge in [-0.2, -0.15) is 4.99 Å². The molecule has 7 heteroatoms. The van der Waals surface area contributed by atoms with Crippen LogP contribution in [-0.4, -0.2) is 23.4 Å². The minimum Gasteiger partial charge on any atom is -0.370 e. The fourth-order valence-electron chi connectivity index (χ4n) is 2.91. The highest BCUT2D eigenvalue weighted by Gasteiger charge is 2.26. The molecule has 0 unspecified atom stereocenters. The average molecular weight is 346 g/mol. The molecule has 0 spiro atoms. The van der Waals surface area contributed by atoms with Gasteiger partial charge in [-0.1, -0.05) is 31.7 Å². The molecule has 132 valence electrons. The summed E-state index contributed by atoms with van der Waals surface area (Å²) in [5, 5.41) is 0. The van der Waals surface area contributed by atoms with Crippen LogP contribution in [0.3, 0.4) is 0 Å². The van der Waals surface area contributed by atoms with E-state index in [0.717, 1.165) is 0 Å². The minimum absolute atomic E-state index is 0. The third-order valence-electron chi connectivity index (χ3n) is 4.01. The molecule has 2 aromatic rings. The van der Waals surface area contributed by atoms with Crippen LogP contribution in [0.25, 0.3) is 11.1 Å². The van der Waals surface area contributed by atoms with Crippen LogP contribution in [0.5, 0.6) is 0 Å². The molecule has 2 amide bonds. The van der Waals surface area contributed by atoms with Gasteiger partial charge in [0.2, 0.25) is 0 Å². The molecule has 4 N–H and O–H groups in total. The van der Waals surface area contributed by atoms with Crippen LogP contribution in [0.1, 0.15) is 18.6 Å². The standard InChI is InChI=1S/C17H16F2N4O.CH4/c18-14-4-2-1-3-11(14)10-5-6-15(19)12-7-8-23(9-13(10)12)17(24)22-16(20)21;/h1-6H,7-9H2,(H4,20,21,22,24);1H4. The number of hydrogen-bond acceptors (Lipinski definition) is 1. The van der Waals surface area contributed by atoms with E-state index >= 15 is 0 Å². The van der Waals surface area contributed by atoms with Crippen molar-refractivity contribution in [3.8, 4) is 11.1 Å². The number of carbonyl (C=O) groups is 1. The molecule has 0 radical (unpaired) electrons. The van der Waals surface area contributed by atoms with Crippen LogP contribution in [0, 0.1) is 11.6 Å². The van der Waals surface area contributed by atoms with Crippen LogP contribution in [0.4, 0.5) is 13.6 Å². The van der Waals surface area contributed by atoms with Gasteiger partial charge in [-0.3, -0.25) is 0 Å². The third-order valence-corrected chi connectivity index (χ3v) is 4.01. The van der Waals surface area contributed by atoms with Crippen LogP contribution in [-0.2, 0) is 13.0 Å². The summed E-state index contributed by atoms with van der Waals surface area (Å²) in [6, 6.07) is 8.53. The fraction of sp³-hybridized carbons (Fsp3) is 0.222. The summed E-state index contributed by atoms with van der Waals surface area (Å²) in [6.07, 6.45) is 0.315. The fourth-order valence-corrected chi connectivity index (χ4v) is 2.91. The number of nitrogens with two attached hydrogens (primary N) is 2. The Labute approximate surface area is 145 Å². The van der Waals surface area contributed by atoms with Crippen molar-refractivity contribution in [2.75, 3.05) is 6.54 Å². The maximum Gasteiger partial charge on any atom is 0.347 e. The highest BCUT2D eigenvalue weighted by atomic mass is 19.1. The molecule has 0 aliphatic carbocycles. The number of hydrogen-bond donors (Lipinski definition) is 2. The first-order chi connectivity index (χ1) is 11.5. The number of nitrogens with zero attached hydrogens (tertiary/aromatic N) is 2.